The van der Waals surface area contributed by atoms with Crippen LogP contribution in [0.1, 0.15) is 24.8 Å². The summed E-state index contributed by atoms with van der Waals surface area (Å²) in [6.07, 6.45) is -1.03. The van der Waals surface area contributed by atoms with Gasteiger partial charge >= 0.3 is 5.97 Å². The van der Waals surface area contributed by atoms with Gasteiger partial charge in [0.05, 0.1) is 31.3 Å². The van der Waals surface area contributed by atoms with Crippen molar-refractivity contribution < 1.29 is 38.4 Å². The standard InChI is InChI=1S/C23H31NO8/c1-28-13-19(26)24-10-16-9-17-20(30-16)22(29-12-14-5-3-2-4-6-14)21(18(11-25)31-17)32-23(27)15-7-8-15/h2-6,15-18,20-22,25H,7-13H2,1H3,(H,24,26)/t16?,17-,18-,20+,21-,22-/m1/s1. The molecule has 1 aromatic rings. The maximum atomic E-state index is 12.4. The van der Waals surface area contributed by atoms with Gasteiger partial charge in [0, 0.05) is 20.1 Å². The summed E-state index contributed by atoms with van der Waals surface area (Å²) in [5.74, 6) is -0.603. The van der Waals surface area contributed by atoms with E-state index in [4.69, 9.17) is 23.7 Å². The number of carbonyl (C=O) groups excluding carboxylic acids is 2. The number of carbonyl (C=O) groups is 2. The number of hydrogen-bond donors (Lipinski definition) is 2. The minimum Gasteiger partial charge on any atom is -0.456 e. The zero-order valence-electron chi connectivity index (χ0n) is 18.2. The molecule has 176 valence electrons. The molecule has 4 rings (SSSR count). The largest absolute Gasteiger partial charge is 0.456 e. The predicted molar refractivity (Wildman–Crippen MR) is 112 cm³/mol. The van der Waals surface area contributed by atoms with Crippen LogP contribution in [0.15, 0.2) is 30.3 Å². The first-order valence-corrected chi connectivity index (χ1v) is 11.1. The third-order valence-corrected chi connectivity index (χ3v) is 6.01. The molecule has 2 N–H and O–H groups in total. The Labute approximate surface area is 187 Å². The van der Waals surface area contributed by atoms with Crippen LogP contribution in [0.5, 0.6) is 0 Å². The number of ether oxygens (including phenoxy) is 5. The van der Waals surface area contributed by atoms with Crippen LogP contribution in [-0.2, 0) is 39.9 Å². The van der Waals surface area contributed by atoms with Crippen molar-refractivity contribution in [1.82, 2.24) is 5.32 Å². The molecule has 2 aliphatic heterocycles. The third-order valence-electron chi connectivity index (χ3n) is 6.01. The lowest BCUT2D eigenvalue weighted by Crippen LogP contribution is -2.59. The fourth-order valence-electron chi connectivity index (χ4n) is 4.22. The van der Waals surface area contributed by atoms with Gasteiger partial charge in [0.1, 0.15) is 24.9 Å². The predicted octanol–water partition coefficient (Wildman–Crippen LogP) is 0.573. The molecule has 1 unspecified atom stereocenters. The Balaban J connectivity index is 1.47. The maximum Gasteiger partial charge on any atom is 0.309 e. The Morgan fingerprint density at radius 3 is 2.62 bits per heavy atom. The van der Waals surface area contributed by atoms with Crippen LogP contribution in [-0.4, -0.2) is 80.5 Å². The molecule has 1 amide bonds. The van der Waals surface area contributed by atoms with Crippen molar-refractivity contribution in [2.75, 3.05) is 26.9 Å². The van der Waals surface area contributed by atoms with Crippen molar-refractivity contribution in [2.45, 2.75) is 62.5 Å². The Hall–Kier alpha value is -2.04. The van der Waals surface area contributed by atoms with E-state index in [-0.39, 0.29) is 43.2 Å². The van der Waals surface area contributed by atoms with E-state index in [1.165, 1.54) is 7.11 Å². The smallest absolute Gasteiger partial charge is 0.309 e. The fraction of sp³-hybridized carbons (Fsp3) is 0.652. The molecule has 0 bridgehead atoms. The molecule has 9 nitrogen and oxygen atoms in total. The average molecular weight is 450 g/mol. The number of aliphatic hydroxyl groups is 1. The normalized spacial score (nSPS) is 31.7. The van der Waals surface area contributed by atoms with Gasteiger partial charge in [-0.15, -0.1) is 0 Å². The molecule has 3 fully saturated rings. The second-order valence-corrected chi connectivity index (χ2v) is 8.53. The maximum absolute atomic E-state index is 12.4. The lowest BCUT2D eigenvalue weighted by atomic mass is 9.94. The van der Waals surface area contributed by atoms with Gasteiger partial charge in [-0.25, -0.2) is 0 Å². The highest BCUT2D eigenvalue weighted by Gasteiger charge is 2.54. The third kappa shape index (κ3) is 5.65. The number of amides is 1. The van der Waals surface area contributed by atoms with Crippen LogP contribution in [0.3, 0.4) is 0 Å². The van der Waals surface area contributed by atoms with Crippen LogP contribution in [0.4, 0.5) is 0 Å². The lowest BCUT2D eigenvalue weighted by molar-refractivity contribution is -0.244. The second-order valence-electron chi connectivity index (χ2n) is 8.53. The highest BCUT2D eigenvalue weighted by Crippen LogP contribution is 2.38. The minimum absolute atomic E-state index is 0.0231. The summed E-state index contributed by atoms with van der Waals surface area (Å²) in [6, 6.07) is 9.69. The van der Waals surface area contributed by atoms with Gasteiger partial charge in [0.2, 0.25) is 5.91 Å². The molecule has 0 radical (unpaired) electrons. The molecule has 0 aromatic heterocycles. The zero-order chi connectivity index (χ0) is 22.5. The van der Waals surface area contributed by atoms with Crippen LogP contribution in [0, 0.1) is 5.92 Å². The first-order chi connectivity index (χ1) is 15.6. The molecule has 1 saturated carbocycles. The van der Waals surface area contributed by atoms with Crippen LogP contribution in [0.2, 0.25) is 0 Å². The van der Waals surface area contributed by atoms with Crippen molar-refractivity contribution >= 4 is 11.9 Å². The topological polar surface area (TPSA) is 113 Å². The van der Waals surface area contributed by atoms with Crippen molar-refractivity contribution in [3.05, 3.63) is 35.9 Å². The quantitative estimate of drug-likeness (QED) is 0.499. The van der Waals surface area contributed by atoms with Crippen LogP contribution < -0.4 is 5.32 Å². The van der Waals surface area contributed by atoms with Gasteiger partial charge in [0.25, 0.3) is 0 Å². The molecule has 0 spiro atoms. The molecule has 1 aliphatic carbocycles. The van der Waals surface area contributed by atoms with E-state index in [2.05, 4.69) is 5.32 Å². The number of rotatable bonds is 10. The molecular weight excluding hydrogens is 418 g/mol. The summed E-state index contributed by atoms with van der Waals surface area (Å²) in [7, 11) is 1.46. The first-order valence-electron chi connectivity index (χ1n) is 11.1. The van der Waals surface area contributed by atoms with Crippen LogP contribution in [0.25, 0.3) is 0 Å². The molecule has 32 heavy (non-hydrogen) atoms. The number of esters is 1. The number of hydrogen-bond acceptors (Lipinski definition) is 8. The van der Waals surface area contributed by atoms with E-state index in [9.17, 15) is 14.7 Å². The number of aliphatic hydroxyl groups excluding tert-OH is 1. The Morgan fingerprint density at radius 1 is 1.16 bits per heavy atom. The number of methoxy groups -OCH3 is 1. The summed E-state index contributed by atoms with van der Waals surface area (Å²) in [6.45, 7) is 0.292. The Bertz CT molecular complexity index is 771. The summed E-state index contributed by atoms with van der Waals surface area (Å²) >= 11 is 0. The number of nitrogens with one attached hydrogen (secondary N) is 1. The van der Waals surface area contributed by atoms with Gasteiger partial charge in [-0.3, -0.25) is 9.59 Å². The van der Waals surface area contributed by atoms with Crippen molar-refractivity contribution in [3.63, 3.8) is 0 Å². The van der Waals surface area contributed by atoms with Crippen molar-refractivity contribution in [1.29, 1.82) is 0 Å². The summed E-state index contributed by atoms with van der Waals surface area (Å²) in [4.78, 5) is 24.2. The van der Waals surface area contributed by atoms with Crippen molar-refractivity contribution in [2.24, 2.45) is 5.92 Å². The van der Waals surface area contributed by atoms with E-state index in [0.29, 0.717) is 19.6 Å². The van der Waals surface area contributed by atoms with Crippen LogP contribution >= 0.6 is 0 Å². The van der Waals surface area contributed by atoms with E-state index in [0.717, 1.165) is 18.4 Å². The first kappa shape index (κ1) is 23.1. The Morgan fingerprint density at radius 2 is 1.94 bits per heavy atom. The molecule has 6 atom stereocenters. The summed E-state index contributed by atoms with van der Waals surface area (Å²) in [5, 5.41) is 12.7. The van der Waals surface area contributed by atoms with E-state index >= 15 is 0 Å². The second kappa shape index (κ2) is 10.7. The number of benzene rings is 1. The molecule has 3 aliphatic rings. The molecule has 2 saturated heterocycles. The molecule has 2 heterocycles. The zero-order valence-corrected chi connectivity index (χ0v) is 18.2. The summed E-state index contributed by atoms with van der Waals surface area (Å²) < 4.78 is 29.1. The van der Waals surface area contributed by atoms with Gasteiger partial charge in [-0.2, -0.15) is 0 Å². The highest BCUT2D eigenvalue weighted by molar-refractivity contribution is 5.77. The lowest BCUT2D eigenvalue weighted by Gasteiger charge is -2.42. The summed E-state index contributed by atoms with van der Waals surface area (Å²) in [5.41, 5.74) is 0.977. The molecule has 1 aromatic carbocycles. The SMILES string of the molecule is COCC(=O)NCC1C[C@H]2O[C@H](CO)[C@@H](OC(=O)C3CC3)[C@H](OCc3ccccc3)[C@H]2O1. The Kier molecular flexibility index (Phi) is 7.75. The van der Waals surface area contributed by atoms with E-state index < -0.39 is 24.4 Å². The fourth-order valence-corrected chi connectivity index (χ4v) is 4.22. The van der Waals surface area contributed by atoms with Gasteiger partial charge in [0.15, 0.2) is 6.10 Å². The average Bonchev–Trinajstić information content (AvgIpc) is 3.57. The number of fused-ring (bicyclic) bond motifs is 1. The van der Waals surface area contributed by atoms with Gasteiger partial charge in [-0.05, 0) is 18.4 Å². The van der Waals surface area contributed by atoms with Crippen molar-refractivity contribution in [3.8, 4) is 0 Å². The molecule has 9 heteroatoms. The van der Waals surface area contributed by atoms with E-state index in [1.54, 1.807) is 0 Å². The minimum atomic E-state index is -0.778. The van der Waals surface area contributed by atoms with Gasteiger partial charge in [-0.1, -0.05) is 30.3 Å². The van der Waals surface area contributed by atoms with E-state index in [1.807, 2.05) is 30.3 Å². The molecular formula is C23H31NO8. The monoisotopic (exact) mass is 449 g/mol. The van der Waals surface area contributed by atoms with Gasteiger partial charge < -0.3 is 34.1 Å². The highest BCUT2D eigenvalue weighted by atomic mass is 16.6.